The first-order chi connectivity index (χ1) is 8.86. The number of hydrogen-bond acceptors (Lipinski definition) is 2. The summed E-state index contributed by atoms with van der Waals surface area (Å²) in [7, 11) is 0. The van der Waals surface area contributed by atoms with Crippen LogP contribution in [0, 0.1) is 11.6 Å². The van der Waals surface area contributed by atoms with Gasteiger partial charge in [-0.2, -0.15) is 5.10 Å². The van der Waals surface area contributed by atoms with Crippen molar-refractivity contribution in [2.24, 2.45) is 0 Å². The molecule has 0 N–H and O–H groups in total. The van der Waals surface area contributed by atoms with Crippen LogP contribution >= 0.6 is 11.6 Å². The average molecular weight is 285 g/mol. The van der Waals surface area contributed by atoms with Crippen molar-refractivity contribution in [1.29, 1.82) is 0 Å². The number of benzene rings is 1. The lowest BCUT2D eigenvalue weighted by atomic mass is 10.1. The van der Waals surface area contributed by atoms with Gasteiger partial charge in [0.15, 0.2) is 5.82 Å². The zero-order valence-electron chi connectivity index (χ0n) is 10.3. The molecule has 1 heterocycles. The number of carbonyl (C=O) groups excluding carboxylic acids is 1. The van der Waals surface area contributed by atoms with Crippen molar-refractivity contribution in [2.75, 3.05) is 0 Å². The van der Waals surface area contributed by atoms with Crippen LogP contribution < -0.4 is 0 Å². The Morgan fingerprint density at radius 1 is 1.32 bits per heavy atom. The quantitative estimate of drug-likeness (QED) is 0.810. The maximum atomic E-state index is 13.9. The number of halogens is 3. The molecule has 1 aromatic carbocycles. The van der Waals surface area contributed by atoms with Crippen LogP contribution in [0.3, 0.4) is 0 Å². The van der Waals surface area contributed by atoms with E-state index in [1.165, 1.54) is 18.2 Å². The van der Waals surface area contributed by atoms with E-state index in [0.29, 0.717) is 6.29 Å². The molecule has 0 aliphatic rings. The predicted molar refractivity (Wildman–Crippen MR) is 68.0 cm³/mol. The maximum Gasteiger partial charge on any atom is 0.169 e. The molecule has 0 aliphatic heterocycles. The molecular formula is C13H11ClF2N2O. The third-order valence-corrected chi connectivity index (χ3v) is 3.06. The number of carbonyl (C=O) groups is 1. The molecule has 1 aromatic heterocycles. The van der Waals surface area contributed by atoms with Gasteiger partial charge in [0, 0.05) is 0 Å². The second-order valence-corrected chi connectivity index (χ2v) is 5.05. The molecule has 0 saturated heterocycles. The normalized spacial score (nSPS) is 11.6. The Balaban J connectivity index is 2.62. The lowest BCUT2D eigenvalue weighted by molar-refractivity contribution is -0.114. The molecule has 0 spiro atoms. The summed E-state index contributed by atoms with van der Waals surface area (Å²) in [5, 5.41) is 3.99. The van der Waals surface area contributed by atoms with E-state index < -0.39 is 17.2 Å². The first-order valence-electron chi connectivity index (χ1n) is 5.53. The van der Waals surface area contributed by atoms with E-state index in [0.717, 1.165) is 10.9 Å². The number of aldehydes is 1. The second-order valence-electron chi connectivity index (χ2n) is 4.64. The van der Waals surface area contributed by atoms with Crippen molar-refractivity contribution in [3.63, 3.8) is 0 Å². The first kappa shape index (κ1) is 13.7. The highest BCUT2D eigenvalue weighted by atomic mass is 35.5. The third kappa shape index (κ3) is 2.38. The van der Waals surface area contributed by atoms with E-state index in [9.17, 15) is 13.6 Å². The van der Waals surface area contributed by atoms with Crippen LogP contribution in [0.4, 0.5) is 8.78 Å². The van der Waals surface area contributed by atoms with Crippen molar-refractivity contribution in [3.05, 3.63) is 41.1 Å². The molecule has 2 aromatic rings. The van der Waals surface area contributed by atoms with Crippen LogP contribution in [0.5, 0.6) is 0 Å². The lowest BCUT2D eigenvalue weighted by Crippen LogP contribution is -2.28. The molecule has 0 bridgehead atoms. The van der Waals surface area contributed by atoms with Gasteiger partial charge in [-0.3, -0.25) is 4.68 Å². The highest BCUT2D eigenvalue weighted by Gasteiger charge is 2.25. The lowest BCUT2D eigenvalue weighted by Gasteiger charge is -2.16. The molecule has 0 radical (unpaired) electrons. The molecule has 0 atom stereocenters. The molecule has 0 aliphatic carbocycles. The molecule has 19 heavy (non-hydrogen) atoms. The molecule has 0 amide bonds. The smallest absolute Gasteiger partial charge is 0.169 e. The topological polar surface area (TPSA) is 34.9 Å². The minimum Gasteiger partial charge on any atom is -0.301 e. The molecule has 100 valence electrons. The Morgan fingerprint density at radius 3 is 2.58 bits per heavy atom. The Labute approximate surface area is 113 Å². The molecule has 2 rings (SSSR count). The SMILES string of the molecule is CC(C)(C=O)n1cc(F)c(-c2c(F)cccc2Cl)n1. The van der Waals surface area contributed by atoms with Crippen LogP contribution in [0.1, 0.15) is 13.8 Å². The van der Waals surface area contributed by atoms with Crippen LogP contribution in [-0.4, -0.2) is 16.1 Å². The summed E-state index contributed by atoms with van der Waals surface area (Å²) in [6.07, 6.45) is 1.68. The van der Waals surface area contributed by atoms with E-state index in [1.807, 2.05) is 0 Å². The molecular weight excluding hydrogens is 274 g/mol. The van der Waals surface area contributed by atoms with E-state index in [1.54, 1.807) is 13.8 Å². The van der Waals surface area contributed by atoms with Crippen molar-refractivity contribution < 1.29 is 13.6 Å². The molecule has 0 unspecified atom stereocenters. The minimum atomic E-state index is -1.02. The largest absolute Gasteiger partial charge is 0.301 e. The standard InChI is InChI=1S/C13H11ClF2N2O/c1-13(2,7-19)18-6-10(16)12(17-18)11-8(14)4-3-5-9(11)15/h3-7H,1-2H3. The Hall–Kier alpha value is -1.75. The Kier molecular flexibility index (Phi) is 3.41. The second kappa shape index (κ2) is 4.74. The van der Waals surface area contributed by atoms with Crippen LogP contribution in [-0.2, 0) is 10.3 Å². The van der Waals surface area contributed by atoms with Crippen LogP contribution in [0.25, 0.3) is 11.3 Å². The summed E-state index contributed by atoms with van der Waals surface area (Å²) in [6.45, 7) is 3.14. The highest BCUT2D eigenvalue weighted by Crippen LogP contribution is 2.31. The fraction of sp³-hybridized carbons (Fsp3) is 0.231. The molecule has 0 saturated carbocycles. The van der Waals surface area contributed by atoms with Crippen molar-refractivity contribution in [3.8, 4) is 11.3 Å². The Bertz CT molecular complexity index is 617. The summed E-state index contributed by atoms with van der Waals surface area (Å²) >= 11 is 5.87. The van der Waals surface area contributed by atoms with E-state index in [4.69, 9.17) is 11.6 Å². The summed E-state index contributed by atoms with van der Waals surface area (Å²) in [6, 6.07) is 4.04. The summed E-state index contributed by atoms with van der Waals surface area (Å²) < 4.78 is 28.8. The van der Waals surface area contributed by atoms with Gasteiger partial charge in [-0.15, -0.1) is 0 Å². The fourth-order valence-electron chi connectivity index (χ4n) is 1.60. The van der Waals surface area contributed by atoms with Crippen LogP contribution in [0.15, 0.2) is 24.4 Å². The third-order valence-electron chi connectivity index (χ3n) is 2.75. The summed E-state index contributed by atoms with van der Waals surface area (Å²) in [5.41, 5.74) is -1.34. The number of rotatable bonds is 3. The van der Waals surface area contributed by atoms with Gasteiger partial charge >= 0.3 is 0 Å². The van der Waals surface area contributed by atoms with Gasteiger partial charge < -0.3 is 4.79 Å². The first-order valence-corrected chi connectivity index (χ1v) is 5.91. The molecule has 6 heteroatoms. The van der Waals surface area contributed by atoms with Gasteiger partial charge in [0.1, 0.15) is 23.3 Å². The van der Waals surface area contributed by atoms with Gasteiger partial charge in [0.2, 0.25) is 0 Å². The monoisotopic (exact) mass is 284 g/mol. The average Bonchev–Trinajstić information content (AvgIpc) is 2.72. The van der Waals surface area contributed by atoms with Crippen molar-refractivity contribution >= 4 is 17.9 Å². The van der Waals surface area contributed by atoms with Gasteiger partial charge in [0.25, 0.3) is 0 Å². The number of aromatic nitrogens is 2. The van der Waals surface area contributed by atoms with Crippen molar-refractivity contribution in [2.45, 2.75) is 19.4 Å². The predicted octanol–water partition coefficient (Wildman–Crippen LogP) is 3.42. The van der Waals surface area contributed by atoms with Gasteiger partial charge in [0.05, 0.1) is 16.8 Å². The van der Waals surface area contributed by atoms with E-state index >= 15 is 0 Å². The maximum absolute atomic E-state index is 13.9. The van der Waals surface area contributed by atoms with Gasteiger partial charge in [-0.25, -0.2) is 8.78 Å². The highest BCUT2D eigenvalue weighted by molar-refractivity contribution is 6.33. The van der Waals surface area contributed by atoms with Gasteiger partial charge in [-0.05, 0) is 26.0 Å². The van der Waals surface area contributed by atoms with Crippen LogP contribution in [0.2, 0.25) is 5.02 Å². The molecule has 3 nitrogen and oxygen atoms in total. The summed E-state index contributed by atoms with van der Waals surface area (Å²) in [5.74, 6) is -1.40. The molecule has 0 fully saturated rings. The van der Waals surface area contributed by atoms with E-state index in [2.05, 4.69) is 5.10 Å². The van der Waals surface area contributed by atoms with Gasteiger partial charge in [-0.1, -0.05) is 17.7 Å². The minimum absolute atomic E-state index is 0.0630. The Morgan fingerprint density at radius 2 is 2.00 bits per heavy atom. The number of hydrogen-bond donors (Lipinski definition) is 0. The summed E-state index contributed by atoms with van der Waals surface area (Å²) in [4.78, 5) is 10.9. The zero-order chi connectivity index (χ0) is 14.2. The fourth-order valence-corrected chi connectivity index (χ4v) is 1.85. The number of nitrogens with zero attached hydrogens (tertiary/aromatic N) is 2. The zero-order valence-corrected chi connectivity index (χ0v) is 11.1. The van der Waals surface area contributed by atoms with Crippen molar-refractivity contribution in [1.82, 2.24) is 9.78 Å². The van der Waals surface area contributed by atoms with E-state index in [-0.39, 0.29) is 16.3 Å².